The zero-order chi connectivity index (χ0) is 16.6. The van der Waals surface area contributed by atoms with Crippen LogP contribution in [0.15, 0.2) is 0 Å². The number of aliphatic hydroxyl groups is 1. The molecule has 5 nitrogen and oxygen atoms in total. The normalized spacial score (nSPS) is 15.4. The Morgan fingerprint density at radius 2 is 1.76 bits per heavy atom. The Labute approximate surface area is 129 Å². The lowest BCUT2D eigenvalue weighted by Gasteiger charge is -2.32. The highest BCUT2D eigenvalue weighted by Crippen LogP contribution is 2.18. The summed E-state index contributed by atoms with van der Waals surface area (Å²) in [7, 11) is 1.79. The van der Waals surface area contributed by atoms with E-state index in [-0.39, 0.29) is 24.4 Å². The van der Waals surface area contributed by atoms with Gasteiger partial charge in [0, 0.05) is 13.1 Å². The smallest absolute Gasteiger partial charge is 0.249 e. The zero-order valence-corrected chi connectivity index (χ0v) is 14.3. The Hall–Kier alpha value is -1.10. The van der Waals surface area contributed by atoms with Crippen molar-refractivity contribution < 1.29 is 14.7 Å². The summed E-state index contributed by atoms with van der Waals surface area (Å²) in [6.45, 7) is 9.83. The second-order valence-electron chi connectivity index (χ2n) is 6.15. The first-order chi connectivity index (χ1) is 9.76. The summed E-state index contributed by atoms with van der Waals surface area (Å²) < 4.78 is 0. The average Bonchev–Trinajstić information content (AvgIpc) is 2.47. The van der Waals surface area contributed by atoms with Gasteiger partial charge in [-0.05, 0) is 18.3 Å². The molecule has 21 heavy (non-hydrogen) atoms. The van der Waals surface area contributed by atoms with E-state index in [1.807, 2.05) is 0 Å². The number of rotatable bonds is 9. The molecule has 2 N–H and O–H groups in total. The fraction of sp³-hybridized carbons (Fsp3) is 0.875. The minimum Gasteiger partial charge on any atom is -0.383 e. The van der Waals surface area contributed by atoms with Crippen LogP contribution in [0.3, 0.4) is 0 Å². The molecule has 0 heterocycles. The van der Waals surface area contributed by atoms with Crippen molar-refractivity contribution in [2.75, 3.05) is 13.6 Å². The molecule has 0 radical (unpaired) electrons. The molecule has 0 saturated carbocycles. The number of carbonyl (C=O) groups excluding carboxylic acids is 2. The molecule has 0 aromatic carbocycles. The van der Waals surface area contributed by atoms with Crippen molar-refractivity contribution in [2.45, 2.75) is 66.0 Å². The Bertz CT molecular complexity index is 331. The lowest BCUT2D eigenvalue weighted by atomic mass is 9.94. The first-order valence-electron chi connectivity index (χ1n) is 7.97. The zero-order valence-electron chi connectivity index (χ0n) is 14.3. The van der Waals surface area contributed by atoms with Crippen molar-refractivity contribution >= 4 is 11.8 Å². The molecule has 0 aromatic rings. The Balaban J connectivity index is 4.52. The van der Waals surface area contributed by atoms with Crippen LogP contribution in [0.4, 0.5) is 0 Å². The highest BCUT2D eigenvalue weighted by molar-refractivity contribution is 5.86. The maximum atomic E-state index is 12.2. The van der Waals surface area contributed by atoms with Gasteiger partial charge >= 0.3 is 0 Å². The number of aliphatic hydroxyl groups excluding tert-OH is 1. The molecule has 124 valence electrons. The molecule has 0 aliphatic carbocycles. The van der Waals surface area contributed by atoms with Crippen LogP contribution in [0.25, 0.3) is 0 Å². The highest BCUT2D eigenvalue weighted by Gasteiger charge is 2.25. The number of carbonyl (C=O) groups is 2. The van der Waals surface area contributed by atoms with E-state index < -0.39 is 12.0 Å². The molecule has 2 amide bonds. The molecule has 0 fully saturated rings. The Morgan fingerprint density at radius 3 is 2.19 bits per heavy atom. The second-order valence-corrected chi connectivity index (χ2v) is 6.15. The molecule has 5 heteroatoms. The maximum absolute atomic E-state index is 12.2. The lowest BCUT2D eigenvalue weighted by Crippen LogP contribution is -2.47. The third kappa shape index (κ3) is 6.46. The molecule has 3 atom stereocenters. The average molecular weight is 300 g/mol. The number of amides is 2. The topological polar surface area (TPSA) is 69.6 Å². The summed E-state index contributed by atoms with van der Waals surface area (Å²) in [5.74, 6) is -0.331. The Kier molecular flexibility index (Phi) is 9.26. The molecule has 0 bridgehead atoms. The van der Waals surface area contributed by atoms with Crippen molar-refractivity contribution in [2.24, 2.45) is 11.8 Å². The summed E-state index contributed by atoms with van der Waals surface area (Å²) in [5, 5.41) is 12.1. The van der Waals surface area contributed by atoms with Gasteiger partial charge in [-0.25, -0.2) is 0 Å². The van der Waals surface area contributed by atoms with Crippen molar-refractivity contribution in [1.29, 1.82) is 0 Å². The fourth-order valence-corrected chi connectivity index (χ4v) is 2.31. The summed E-state index contributed by atoms with van der Waals surface area (Å²) in [5.41, 5.74) is 0. The van der Waals surface area contributed by atoms with Gasteiger partial charge in [-0.1, -0.05) is 47.5 Å². The third-order valence-corrected chi connectivity index (χ3v) is 4.09. The van der Waals surface area contributed by atoms with E-state index in [1.54, 1.807) is 25.8 Å². The van der Waals surface area contributed by atoms with Gasteiger partial charge in [0.15, 0.2) is 0 Å². The van der Waals surface area contributed by atoms with E-state index in [2.05, 4.69) is 26.1 Å². The van der Waals surface area contributed by atoms with Crippen LogP contribution in [-0.4, -0.2) is 47.6 Å². The van der Waals surface area contributed by atoms with Gasteiger partial charge in [-0.15, -0.1) is 0 Å². The quantitative estimate of drug-likeness (QED) is 0.682. The van der Waals surface area contributed by atoms with E-state index in [1.165, 1.54) is 0 Å². The van der Waals surface area contributed by atoms with Gasteiger partial charge < -0.3 is 15.3 Å². The molecule has 0 aromatic heterocycles. The standard InChI is InChI=1S/C16H32N2O3/c1-7-9-13(12(5)8-2)18(6)14(19)10-17-16(21)15(20)11(3)4/h11-13,15,20H,7-10H2,1-6H3,(H,17,21)/t12-,13?,15?/m0/s1. The minimum absolute atomic E-state index is 0.0598. The SMILES string of the molecule is CCCC([C@@H](C)CC)N(C)C(=O)CNC(=O)C(O)C(C)C. The maximum Gasteiger partial charge on any atom is 0.249 e. The molecule has 0 spiro atoms. The predicted molar refractivity (Wildman–Crippen MR) is 84.8 cm³/mol. The molecule has 0 aliphatic heterocycles. The number of hydrogen-bond acceptors (Lipinski definition) is 3. The second kappa shape index (κ2) is 9.77. The van der Waals surface area contributed by atoms with Crippen LogP contribution in [0, 0.1) is 11.8 Å². The first kappa shape index (κ1) is 19.9. The number of nitrogens with zero attached hydrogens (tertiary/aromatic N) is 1. The summed E-state index contributed by atoms with van der Waals surface area (Å²) in [6, 6.07) is 0.194. The lowest BCUT2D eigenvalue weighted by molar-refractivity contribution is -0.137. The van der Waals surface area contributed by atoms with E-state index in [9.17, 15) is 14.7 Å². The largest absolute Gasteiger partial charge is 0.383 e. The van der Waals surface area contributed by atoms with E-state index in [0.717, 1.165) is 19.3 Å². The van der Waals surface area contributed by atoms with Gasteiger partial charge in [0.25, 0.3) is 0 Å². The molecule has 0 rings (SSSR count). The van der Waals surface area contributed by atoms with E-state index >= 15 is 0 Å². The number of nitrogens with one attached hydrogen (secondary N) is 1. The molecular formula is C16H32N2O3. The van der Waals surface area contributed by atoms with Crippen LogP contribution in [0.1, 0.15) is 53.9 Å². The number of likely N-dealkylation sites (N-methyl/N-ethyl adjacent to an activating group) is 1. The number of hydrogen-bond donors (Lipinski definition) is 2. The Morgan fingerprint density at radius 1 is 1.19 bits per heavy atom. The van der Waals surface area contributed by atoms with Crippen LogP contribution < -0.4 is 5.32 Å². The van der Waals surface area contributed by atoms with Crippen molar-refractivity contribution in [1.82, 2.24) is 10.2 Å². The van der Waals surface area contributed by atoms with Gasteiger partial charge in [-0.3, -0.25) is 9.59 Å². The van der Waals surface area contributed by atoms with Crippen molar-refractivity contribution in [3.05, 3.63) is 0 Å². The minimum atomic E-state index is -1.07. The summed E-state index contributed by atoms with van der Waals surface area (Å²) in [4.78, 5) is 25.6. The monoisotopic (exact) mass is 300 g/mol. The molecule has 2 unspecified atom stereocenters. The van der Waals surface area contributed by atoms with Crippen molar-refractivity contribution in [3.63, 3.8) is 0 Å². The van der Waals surface area contributed by atoms with Crippen LogP contribution in [0.2, 0.25) is 0 Å². The van der Waals surface area contributed by atoms with Gasteiger partial charge in [0.1, 0.15) is 6.10 Å². The summed E-state index contributed by atoms with van der Waals surface area (Å²) in [6.07, 6.45) is 1.93. The summed E-state index contributed by atoms with van der Waals surface area (Å²) >= 11 is 0. The van der Waals surface area contributed by atoms with Gasteiger partial charge in [0.2, 0.25) is 11.8 Å². The molecular weight excluding hydrogens is 268 g/mol. The van der Waals surface area contributed by atoms with Crippen molar-refractivity contribution in [3.8, 4) is 0 Å². The predicted octanol–water partition coefficient (Wildman–Crippen LogP) is 1.79. The first-order valence-corrected chi connectivity index (χ1v) is 7.97. The van der Waals surface area contributed by atoms with Crippen LogP contribution in [0.5, 0.6) is 0 Å². The highest BCUT2D eigenvalue weighted by atomic mass is 16.3. The molecule has 0 saturated heterocycles. The van der Waals surface area contributed by atoms with Crippen LogP contribution in [-0.2, 0) is 9.59 Å². The third-order valence-electron chi connectivity index (χ3n) is 4.09. The molecule has 0 aliphatic rings. The van der Waals surface area contributed by atoms with E-state index in [4.69, 9.17) is 0 Å². The van der Waals surface area contributed by atoms with E-state index in [0.29, 0.717) is 5.92 Å². The van der Waals surface area contributed by atoms with Crippen LogP contribution >= 0.6 is 0 Å². The fourth-order valence-electron chi connectivity index (χ4n) is 2.31. The van der Waals surface area contributed by atoms with Gasteiger partial charge in [0.05, 0.1) is 6.54 Å². The van der Waals surface area contributed by atoms with Gasteiger partial charge in [-0.2, -0.15) is 0 Å².